The van der Waals surface area contributed by atoms with E-state index in [0.29, 0.717) is 17.7 Å². The number of rotatable bonds is 5. The van der Waals surface area contributed by atoms with Gasteiger partial charge in [0.05, 0.1) is 17.1 Å². The Labute approximate surface area is 157 Å². The van der Waals surface area contributed by atoms with Crippen molar-refractivity contribution >= 4 is 39.0 Å². The SMILES string of the molecule is CCS(=O)(=O)c1ccc(CC(=O)Nc2ccc3c(c2)C(=O)CCS3)cc1. The zero-order valence-electron chi connectivity index (χ0n) is 14.3. The molecule has 0 bridgehead atoms. The van der Waals surface area contributed by atoms with Crippen molar-refractivity contribution in [1.29, 1.82) is 0 Å². The molecule has 0 spiro atoms. The highest BCUT2D eigenvalue weighted by molar-refractivity contribution is 7.99. The maximum Gasteiger partial charge on any atom is 0.228 e. The van der Waals surface area contributed by atoms with E-state index in [1.54, 1.807) is 43.0 Å². The highest BCUT2D eigenvalue weighted by atomic mass is 32.2. The Balaban J connectivity index is 1.68. The number of hydrogen-bond donors (Lipinski definition) is 1. The van der Waals surface area contributed by atoms with Gasteiger partial charge in [-0.05, 0) is 35.9 Å². The topological polar surface area (TPSA) is 80.3 Å². The molecule has 1 aliphatic heterocycles. The average Bonchev–Trinajstić information content (AvgIpc) is 2.63. The van der Waals surface area contributed by atoms with Crippen LogP contribution in [0.3, 0.4) is 0 Å². The summed E-state index contributed by atoms with van der Waals surface area (Å²) in [7, 11) is -3.24. The van der Waals surface area contributed by atoms with Crippen molar-refractivity contribution in [2.75, 3.05) is 16.8 Å². The second kappa shape index (κ2) is 7.63. The summed E-state index contributed by atoms with van der Waals surface area (Å²) >= 11 is 1.65. The van der Waals surface area contributed by atoms with Crippen LogP contribution in [0.2, 0.25) is 0 Å². The number of nitrogens with one attached hydrogen (secondary N) is 1. The van der Waals surface area contributed by atoms with E-state index < -0.39 is 9.84 Å². The molecule has 0 fully saturated rings. The first-order chi connectivity index (χ1) is 12.4. The van der Waals surface area contributed by atoms with E-state index >= 15 is 0 Å². The molecule has 0 aliphatic carbocycles. The van der Waals surface area contributed by atoms with Crippen molar-refractivity contribution in [1.82, 2.24) is 0 Å². The fourth-order valence-electron chi connectivity index (χ4n) is 2.71. The normalized spacial score (nSPS) is 14.0. The molecule has 1 aliphatic rings. The van der Waals surface area contributed by atoms with Crippen molar-refractivity contribution in [2.45, 2.75) is 29.6 Å². The zero-order chi connectivity index (χ0) is 18.7. The molecule has 7 heteroatoms. The number of amides is 1. The van der Waals surface area contributed by atoms with Crippen LogP contribution in [0.5, 0.6) is 0 Å². The summed E-state index contributed by atoms with van der Waals surface area (Å²) in [6.45, 7) is 1.60. The molecular formula is C19H19NO4S2. The summed E-state index contributed by atoms with van der Waals surface area (Å²) in [4.78, 5) is 25.4. The molecule has 1 amide bonds. The van der Waals surface area contributed by atoms with E-state index in [4.69, 9.17) is 0 Å². The number of anilines is 1. The van der Waals surface area contributed by atoms with Crippen molar-refractivity contribution in [2.24, 2.45) is 0 Å². The summed E-state index contributed by atoms with van der Waals surface area (Å²) in [6, 6.07) is 11.7. The lowest BCUT2D eigenvalue weighted by Crippen LogP contribution is -2.16. The van der Waals surface area contributed by atoms with E-state index in [2.05, 4.69) is 5.32 Å². The Morgan fingerprint density at radius 1 is 1.15 bits per heavy atom. The lowest BCUT2D eigenvalue weighted by atomic mass is 10.1. The van der Waals surface area contributed by atoms with Gasteiger partial charge in [0.2, 0.25) is 5.91 Å². The molecule has 1 N–H and O–H groups in total. The van der Waals surface area contributed by atoms with Crippen molar-refractivity contribution < 1.29 is 18.0 Å². The number of benzene rings is 2. The van der Waals surface area contributed by atoms with Crippen LogP contribution in [0.1, 0.15) is 29.3 Å². The molecule has 5 nitrogen and oxygen atoms in total. The van der Waals surface area contributed by atoms with Gasteiger partial charge in [-0.1, -0.05) is 19.1 Å². The number of fused-ring (bicyclic) bond motifs is 1. The third-order valence-electron chi connectivity index (χ3n) is 4.18. The van der Waals surface area contributed by atoms with Gasteiger partial charge < -0.3 is 5.32 Å². The smallest absolute Gasteiger partial charge is 0.228 e. The molecule has 26 heavy (non-hydrogen) atoms. The van der Waals surface area contributed by atoms with E-state index in [1.165, 1.54) is 12.1 Å². The van der Waals surface area contributed by atoms with E-state index in [1.807, 2.05) is 6.07 Å². The van der Waals surface area contributed by atoms with E-state index in [-0.39, 0.29) is 28.8 Å². The second-order valence-electron chi connectivity index (χ2n) is 6.00. The molecule has 3 rings (SSSR count). The van der Waals surface area contributed by atoms with Crippen LogP contribution in [-0.2, 0) is 21.1 Å². The highest BCUT2D eigenvalue weighted by Crippen LogP contribution is 2.31. The van der Waals surface area contributed by atoms with Gasteiger partial charge >= 0.3 is 0 Å². The van der Waals surface area contributed by atoms with Gasteiger partial charge in [-0.15, -0.1) is 11.8 Å². The van der Waals surface area contributed by atoms with Crippen LogP contribution >= 0.6 is 11.8 Å². The summed E-state index contributed by atoms with van der Waals surface area (Å²) in [5.74, 6) is 0.721. The van der Waals surface area contributed by atoms with E-state index in [0.717, 1.165) is 16.2 Å². The average molecular weight is 389 g/mol. The zero-order valence-corrected chi connectivity index (χ0v) is 16.0. The standard InChI is InChI=1S/C19H19NO4S2/c1-2-26(23,24)15-6-3-13(4-7-15)11-19(22)20-14-5-8-18-16(12-14)17(21)9-10-25-18/h3-8,12H,2,9-11H2,1H3,(H,20,22). The predicted octanol–water partition coefficient (Wildman–Crippen LogP) is 3.34. The molecule has 0 unspecified atom stereocenters. The maximum absolute atomic E-state index is 12.2. The van der Waals surface area contributed by atoms with Gasteiger partial charge in [0.1, 0.15) is 0 Å². The van der Waals surface area contributed by atoms with Crippen LogP contribution in [0.4, 0.5) is 5.69 Å². The predicted molar refractivity (Wildman–Crippen MR) is 103 cm³/mol. The number of carbonyl (C=O) groups excluding carboxylic acids is 2. The maximum atomic E-state index is 12.2. The Morgan fingerprint density at radius 3 is 2.58 bits per heavy atom. The van der Waals surface area contributed by atoms with Gasteiger partial charge in [0.25, 0.3) is 0 Å². The van der Waals surface area contributed by atoms with Crippen LogP contribution < -0.4 is 5.32 Å². The largest absolute Gasteiger partial charge is 0.326 e. The third-order valence-corrected chi connectivity index (χ3v) is 7.00. The van der Waals surface area contributed by atoms with Crippen LogP contribution in [0.25, 0.3) is 0 Å². The van der Waals surface area contributed by atoms with Crippen LogP contribution in [0, 0.1) is 0 Å². The number of carbonyl (C=O) groups is 2. The summed E-state index contributed by atoms with van der Waals surface area (Å²) in [5.41, 5.74) is 1.98. The third kappa shape index (κ3) is 4.16. The van der Waals surface area contributed by atoms with Gasteiger partial charge in [-0.25, -0.2) is 8.42 Å². The molecule has 1 heterocycles. The number of ketones is 1. The molecule has 2 aromatic rings. The Hall–Kier alpha value is -2.12. The monoisotopic (exact) mass is 389 g/mol. The second-order valence-corrected chi connectivity index (χ2v) is 9.42. The van der Waals surface area contributed by atoms with Gasteiger partial charge in [0, 0.05) is 28.3 Å². The summed E-state index contributed by atoms with van der Waals surface area (Å²) in [5, 5.41) is 2.80. The number of Topliss-reactive ketones (excluding diaryl/α,β-unsaturated/α-hetero) is 1. The van der Waals surface area contributed by atoms with Gasteiger partial charge in [-0.2, -0.15) is 0 Å². The minimum absolute atomic E-state index is 0.0438. The Morgan fingerprint density at radius 2 is 1.88 bits per heavy atom. The first-order valence-electron chi connectivity index (χ1n) is 8.30. The molecule has 136 valence electrons. The first kappa shape index (κ1) is 18.7. The quantitative estimate of drug-likeness (QED) is 0.848. The summed E-state index contributed by atoms with van der Waals surface area (Å²) < 4.78 is 23.6. The molecule has 0 saturated carbocycles. The van der Waals surface area contributed by atoms with E-state index in [9.17, 15) is 18.0 Å². The van der Waals surface area contributed by atoms with Crippen molar-refractivity contribution in [3.8, 4) is 0 Å². The molecular weight excluding hydrogens is 370 g/mol. The Bertz CT molecular complexity index is 950. The van der Waals surface area contributed by atoms with Crippen molar-refractivity contribution in [3.05, 3.63) is 53.6 Å². The number of hydrogen-bond acceptors (Lipinski definition) is 5. The minimum atomic E-state index is -3.24. The Kier molecular flexibility index (Phi) is 5.48. The summed E-state index contributed by atoms with van der Waals surface area (Å²) in [6.07, 6.45) is 0.647. The molecule has 0 radical (unpaired) electrons. The molecule has 0 saturated heterocycles. The fourth-order valence-corrected chi connectivity index (χ4v) is 4.60. The molecule has 0 atom stereocenters. The number of thioether (sulfide) groups is 1. The van der Waals surface area contributed by atoms with Crippen LogP contribution in [-0.4, -0.2) is 31.6 Å². The fraction of sp³-hybridized carbons (Fsp3) is 0.263. The molecule has 0 aromatic heterocycles. The molecule has 2 aromatic carbocycles. The highest BCUT2D eigenvalue weighted by Gasteiger charge is 2.18. The van der Waals surface area contributed by atoms with Crippen molar-refractivity contribution in [3.63, 3.8) is 0 Å². The van der Waals surface area contributed by atoms with Gasteiger partial charge in [0.15, 0.2) is 15.6 Å². The minimum Gasteiger partial charge on any atom is -0.326 e. The first-order valence-corrected chi connectivity index (χ1v) is 10.9. The number of sulfone groups is 1. The lowest BCUT2D eigenvalue weighted by molar-refractivity contribution is -0.115. The van der Waals surface area contributed by atoms with Crippen LogP contribution in [0.15, 0.2) is 52.3 Å². The lowest BCUT2D eigenvalue weighted by Gasteiger charge is -2.15. The van der Waals surface area contributed by atoms with Gasteiger partial charge in [-0.3, -0.25) is 9.59 Å².